The zero-order valence-corrected chi connectivity index (χ0v) is 11.7. The van der Waals surface area contributed by atoms with Gasteiger partial charge < -0.3 is 4.74 Å². The third-order valence-corrected chi connectivity index (χ3v) is 3.47. The molecule has 1 aromatic rings. The van der Waals surface area contributed by atoms with E-state index in [1.807, 2.05) is 6.07 Å². The molecule has 0 aliphatic carbocycles. The summed E-state index contributed by atoms with van der Waals surface area (Å²) in [5.41, 5.74) is 1.02. The monoisotopic (exact) mass is 274 g/mol. The second kappa shape index (κ2) is 6.31. The van der Waals surface area contributed by atoms with Gasteiger partial charge in [0.2, 0.25) is 0 Å². The maximum absolute atomic E-state index is 12.2. The SMILES string of the molecule is CCCC(C)(CC)Cc1cccc(OC(F)(F)F)c1. The molecule has 0 aromatic heterocycles. The highest BCUT2D eigenvalue weighted by Gasteiger charge is 2.31. The zero-order chi connectivity index (χ0) is 14.5. The van der Waals surface area contributed by atoms with Gasteiger partial charge >= 0.3 is 6.36 Å². The highest BCUT2D eigenvalue weighted by Crippen LogP contribution is 2.33. The number of alkyl halides is 3. The molecule has 0 fully saturated rings. The van der Waals surface area contributed by atoms with Gasteiger partial charge in [0.25, 0.3) is 0 Å². The molecule has 1 atom stereocenters. The summed E-state index contributed by atoms with van der Waals surface area (Å²) in [5.74, 6) is -0.139. The average Bonchev–Trinajstić information content (AvgIpc) is 2.27. The molecule has 19 heavy (non-hydrogen) atoms. The van der Waals surface area contributed by atoms with Crippen LogP contribution >= 0.6 is 0 Å². The van der Waals surface area contributed by atoms with Crippen LogP contribution in [0.15, 0.2) is 24.3 Å². The van der Waals surface area contributed by atoms with Gasteiger partial charge in [0.05, 0.1) is 0 Å². The molecule has 0 bridgehead atoms. The molecule has 1 rings (SSSR count). The molecule has 0 radical (unpaired) electrons. The standard InChI is InChI=1S/C15H21F3O/c1-4-9-14(3,5-2)11-12-7-6-8-13(10-12)19-15(16,17)18/h6-8,10H,4-5,9,11H2,1-3H3. The third-order valence-electron chi connectivity index (χ3n) is 3.47. The van der Waals surface area contributed by atoms with E-state index in [0.29, 0.717) is 0 Å². The van der Waals surface area contributed by atoms with E-state index in [0.717, 1.165) is 31.2 Å². The summed E-state index contributed by atoms with van der Waals surface area (Å²) >= 11 is 0. The van der Waals surface area contributed by atoms with Crippen LogP contribution in [0.3, 0.4) is 0 Å². The number of halogens is 3. The lowest BCUT2D eigenvalue weighted by Crippen LogP contribution is -2.19. The number of rotatable bonds is 6. The lowest BCUT2D eigenvalue weighted by Gasteiger charge is -2.28. The Morgan fingerprint density at radius 1 is 1.16 bits per heavy atom. The normalized spacial score (nSPS) is 15.1. The summed E-state index contributed by atoms with van der Waals surface area (Å²) in [7, 11) is 0. The second-order valence-corrected chi connectivity index (χ2v) is 5.29. The van der Waals surface area contributed by atoms with Crippen LogP contribution in [0.5, 0.6) is 5.75 Å². The topological polar surface area (TPSA) is 9.23 Å². The van der Waals surface area contributed by atoms with Crippen LogP contribution < -0.4 is 4.74 Å². The predicted molar refractivity (Wildman–Crippen MR) is 70.1 cm³/mol. The van der Waals surface area contributed by atoms with E-state index in [2.05, 4.69) is 25.5 Å². The van der Waals surface area contributed by atoms with Crippen molar-refractivity contribution in [3.05, 3.63) is 29.8 Å². The highest BCUT2D eigenvalue weighted by atomic mass is 19.4. The van der Waals surface area contributed by atoms with Gasteiger partial charge in [-0.05, 0) is 36.0 Å². The first-order valence-corrected chi connectivity index (χ1v) is 6.62. The highest BCUT2D eigenvalue weighted by molar-refractivity contribution is 5.29. The summed E-state index contributed by atoms with van der Waals surface area (Å²) < 4.78 is 40.5. The lowest BCUT2D eigenvalue weighted by atomic mass is 9.77. The predicted octanol–water partition coefficient (Wildman–Crippen LogP) is 5.34. The first kappa shape index (κ1) is 15.9. The first-order chi connectivity index (χ1) is 8.78. The largest absolute Gasteiger partial charge is 0.573 e. The van der Waals surface area contributed by atoms with Gasteiger partial charge in [0, 0.05) is 0 Å². The van der Waals surface area contributed by atoms with E-state index < -0.39 is 6.36 Å². The van der Waals surface area contributed by atoms with Gasteiger partial charge in [-0.3, -0.25) is 0 Å². The Morgan fingerprint density at radius 2 is 1.84 bits per heavy atom. The Labute approximate surface area is 112 Å². The van der Waals surface area contributed by atoms with Crippen molar-refractivity contribution in [1.82, 2.24) is 0 Å². The molecule has 0 heterocycles. The van der Waals surface area contributed by atoms with Crippen molar-refractivity contribution in [3.63, 3.8) is 0 Å². The van der Waals surface area contributed by atoms with Crippen molar-refractivity contribution in [2.24, 2.45) is 5.41 Å². The fourth-order valence-corrected chi connectivity index (χ4v) is 2.34. The number of hydrogen-bond acceptors (Lipinski definition) is 1. The molecule has 1 nitrogen and oxygen atoms in total. The third kappa shape index (κ3) is 5.53. The number of ether oxygens (including phenoxy) is 1. The molecule has 0 saturated carbocycles. The molecular formula is C15H21F3O. The van der Waals surface area contributed by atoms with E-state index in [4.69, 9.17) is 0 Å². The minimum Gasteiger partial charge on any atom is -0.406 e. The van der Waals surface area contributed by atoms with Gasteiger partial charge in [-0.25, -0.2) is 0 Å². The van der Waals surface area contributed by atoms with E-state index in [-0.39, 0.29) is 11.2 Å². The molecular weight excluding hydrogens is 253 g/mol. The average molecular weight is 274 g/mol. The van der Waals surface area contributed by atoms with Gasteiger partial charge in [0.1, 0.15) is 5.75 Å². The molecule has 0 saturated heterocycles. The Hall–Kier alpha value is -1.19. The maximum atomic E-state index is 12.2. The Bertz CT molecular complexity index is 401. The van der Waals surface area contributed by atoms with Crippen molar-refractivity contribution in [2.45, 2.75) is 52.8 Å². The molecule has 108 valence electrons. The molecule has 1 unspecified atom stereocenters. The lowest BCUT2D eigenvalue weighted by molar-refractivity contribution is -0.274. The summed E-state index contributed by atoms with van der Waals surface area (Å²) in [6, 6.07) is 6.28. The first-order valence-electron chi connectivity index (χ1n) is 6.62. The summed E-state index contributed by atoms with van der Waals surface area (Å²) in [6.07, 6.45) is -0.718. The van der Waals surface area contributed by atoms with Gasteiger partial charge in [-0.1, -0.05) is 45.7 Å². The van der Waals surface area contributed by atoms with Crippen molar-refractivity contribution in [2.75, 3.05) is 0 Å². The number of hydrogen-bond donors (Lipinski definition) is 0. The Balaban J connectivity index is 2.82. The van der Waals surface area contributed by atoms with Crippen LogP contribution in [0.4, 0.5) is 13.2 Å². The van der Waals surface area contributed by atoms with Crippen LogP contribution in [-0.2, 0) is 6.42 Å². The molecule has 4 heteroatoms. The fraction of sp³-hybridized carbons (Fsp3) is 0.600. The van der Waals surface area contributed by atoms with Crippen LogP contribution in [0.2, 0.25) is 0 Å². The molecule has 0 amide bonds. The Morgan fingerprint density at radius 3 is 2.37 bits per heavy atom. The van der Waals surface area contributed by atoms with Crippen molar-refractivity contribution in [3.8, 4) is 5.75 Å². The number of benzene rings is 1. The van der Waals surface area contributed by atoms with Crippen molar-refractivity contribution >= 4 is 0 Å². The van der Waals surface area contributed by atoms with Gasteiger partial charge in [0.15, 0.2) is 0 Å². The van der Waals surface area contributed by atoms with E-state index in [1.54, 1.807) is 6.07 Å². The van der Waals surface area contributed by atoms with Crippen molar-refractivity contribution < 1.29 is 17.9 Å². The minimum atomic E-state index is -4.63. The summed E-state index contributed by atoms with van der Waals surface area (Å²) in [4.78, 5) is 0. The van der Waals surface area contributed by atoms with E-state index >= 15 is 0 Å². The zero-order valence-electron chi connectivity index (χ0n) is 11.7. The van der Waals surface area contributed by atoms with Crippen LogP contribution in [0.1, 0.15) is 45.6 Å². The molecule has 1 aromatic carbocycles. The minimum absolute atomic E-state index is 0.131. The van der Waals surface area contributed by atoms with Crippen molar-refractivity contribution in [1.29, 1.82) is 0 Å². The van der Waals surface area contributed by atoms with E-state index in [9.17, 15) is 13.2 Å². The van der Waals surface area contributed by atoms with Gasteiger partial charge in [-0.15, -0.1) is 13.2 Å². The quantitative estimate of drug-likeness (QED) is 0.680. The van der Waals surface area contributed by atoms with Crippen LogP contribution in [0.25, 0.3) is 0 Å². The smallest absolute Gasteiger partial charge is 0.406 e. The summed E-state index contributed by atoms with van der Waals surface area (Å²) in [5, 5.41) is 0. The summed E-state index contributed by atoms with van der Waals surface area (Å²) in [6.45, 7) is 6.41. The van der Waals surface area contributed by atoms with E-state index in [1.165, 1.54) is 12.1 Å². The molecule has 0 N–H and O–H groups in total. The maximum Gasteiger partial charge on any atom is 0.573 e. The van der Waals surface area contributed by atoms with Crippen LogP contribution in [0, 0.1) is 5.41 Å². The molecule has 0 spiro atoms. The molecule has 0 aliphatic rings. The molecule has 0 aliphatic heterocycles. The fourth-order valence-electron chi connectivity index (χ4n) is 2.34. The van der Waals surface area contributed by atoms with Gasteiger partial charge in [-0.2, -0.15) is 0 Å². The second-order valence-electron chi connectivity index (χ2n) is 5.29. The van der Waals surface area contributed by atoms with Crippen LogP contribution in [-0.4, -0.2) is 6.36 Å². The Kier molecular flexibility index (Phi) is 5.27.